The molecular formula is C15H21FN2. The summed E-state index contributed by atoms with van der Waals surface area (Å²) >= 11 is 0. The zero-order chi connectivity index (χ0) is 13.2. The SMILES string of the molecule is CC(C)(C)NC1CCC1=NCc1cccc(F)c1. The molecule has 1 unspecified atom stereocenters. The Labute approximate surface area is 108 Å². The van der Waals surface area contributed by atoms with E-state index in [1.54, 1.807) is 12.1 Å². The molecule has 1 aliphatic rings. The van der Waals surface area contributed by atoms with Gasteiger partial charge in [0.05, 0.1) is 6.54 Å². The molecule has 0 amide bonds. The van der Waals surface area contributed by atoms with Crippen LogP contribution in [0.25, 0.3) is 0 Å². The number of nitrogens with zero attached hydrogens (tertiary/aromatic N) is 1. The molecule has 0 spiro atoms. The molecule has 0 aliphatic heterocycles. The van der Waals surface area contributed by atoms with Crippen molar-refractivity contribution in [2.75, 3.05) is 0 Å². The fourth-order valence-electron chi connectivity index (χ4n) is 2.11. The van der Waals surface area contributed by atoms with E-state index in [1.807, 2.05) is 6.07 Å². The summed E-state index contributed by atoms with van der Waals surface area (Å²) in [6.07, 6.45) is 2.21. The third kappa shape index (κ3) is 3.64. The second kappa shape index (κ2) is 5.19. The lowest BCUT2D eigenvalue weighted by atomic mass is 9.87. The molecule has 0 radical (unpaired) electrons. The predicted octanol–water partition coefficient (Wildman–Crippen LogP) is 3.32. The second-order valence-electron chi connectivity index (χ2n) is 5.92. The lowest BCUT2D eigenvalue weighted by Crippen LogP contribution is -2.52. The molecule has 1 aromatic rings. The highest BCUT2D eigenvalue weighted by Gasteiger charge is 2.28. The Bertz CT molecular complexity index is 446. The maximum atomic E-state index is 13.0. The summed E-state index contributed by atoms with van der Waals surface area (Å²) < 4.78 is 13.0. The zero-order valence-electron chi connectivity index (χ0n) is 11.3. The highest BCUT2D eigenvalue weighted by atomic mass is 19.1. The minimum atomic E-state index is -0.189. The standard InChI is InChI=1S/C15H21FN2/c1-15(2,3)18-14-8-7-13(14)17-10-11-5-4-6-12(16)9-11/h4-6,9,14,18H,7-8,10H2,1-3H3. The van der Waals surface area contributed by atoms with Crippen LogP contribution in [0.15, 0.2) is 29.3 Å². The van der Waals surface area contributed by atoms with Crippen LogP contribution in [0.2, 0.25) is 0 Å². The molecule has 1 aliphatic carbocycles. The van der Waals surface area contributed by atoms with Crippen LogP contribution < -0.4 is 5.32 Å². The summed E-state index contributed by atoms with van der Waals surface area (Å²) in [5.74, 6) is -0.189. The van der Waals surface area contributed by atoms with Crippen LogP contribution in [0.3, 0.4) is 0 Å². The highest BCUT2D eigenvalue weighted by Crippen LogP contribution is 2.20. The molecule has 0 aromatic heterocycles. The van der Waals surface area contributed by atoms with Crippen molar-refractivity contribution in [3.8, 4) is 0 Å². The molecule has 2 nitrogen and oxygen atoms in total. The van der Waals surface area contributed by atoms with E-state index in [-0.39, 0.29) is 11.4 Å². The van der Waals surface area contributed by atoms with Gasteiger partial charge in [-0.3, -0.25) is 4.99 Å². The summed E-state index contributed by atoms with van der Waals surface area (Å²) in [6.45, 7) is 7.07. The van der Waals surface area contributed by atoms with Crippen molar-refractivity contribution < 1.29 is 4.39 Å². The van der Waals surface area contributed by atoms with Crippen LogP contribution in [0, 0.1) is 5.82 Å². The first-order chi connectivity index (χ1) is 8.44. The van der Waals surface area contributed by atoms with Crippen LogP contribution >= 0.6 is 0 Å². The average molecular weight is 248 g/mol. The van der Waals surface area contributed by atoms with Gasteiger partial charge in [-0.25, -0.2) is 4.39 Å². The van der Waals surface area contributed by atoms with Gasteiger partial charge in [0.25, 0.3) is 0 Å². The Morgan fingerprint density at radius 1 is 1.39 bits per heavy atom. The van der Waals surface area contributed by atoms with E-state index in [2.05, 4.69) is 31.1 Å². The molecule has 3 heteroatoms. The Hall–Kier alpha value is -1.22. The topological polar surface area (TPSA) is 24.4 Å². The normalized spacial score (nSPS) is 22.0. The van der Waals surface area contributed by atoms with Gasteiger partial charge >= 0.3 is 0 Å². The van der Waals surface area contributed by atoms with E-state index in [0.717, 1.165) is 18.4 Å². The van der Waals surface area contributed by atoms with Gasteiger partial charge in [0.2, 0.25) is 0 Å². The summed E-state index contributed by atoms with van der Waals surface area (Å²) in [7, 11) is 0. The van der Waals surface area contributed by atoms with Gasteiger partial charge in [0, 0.05) is 17.3 Å². The van der Waals surface area contributed by atoms with E-state index >= 15 is 0 Å². The van der Waals surface area contributed by atoms with Crippen molar-refractivity contribution in [1.29, 1.82) is 0 Å². The number of aliphatic imine (C=N–C) groups is 1. The Kier molecular flexibility index (Phi) is 3.81. The number of benzene rings is 1. The zero-order valence-corrected chi connectivity index (χ0v) is 11.3. The van der Waals surface area contributed by atoms with Crippen molar-refractivity contribution in [3.05, 3.63) is 35.6 Å². The van der Waals surface area contributed by atoms with Crippen LogP contribution in [-0.4, -0.2) is 17.3 Å². The molecule has 1 N–H and O–H groups in total. The molecule has 1 aromatic carbocycles. The average Bonchev–Trinajstić information content (AvgIpc) is 2.24. The maximum absolute atomic E-state index is 13.0. The van der Waals surface area contributed by atoms with Crippen LogP contribution in [0.4, 0.5) is 4.39 Å². The summed E-state index contributed by atoms with van der Waals surface area (Å²) in [5.41, 5.74) is 2.27. The van der Waals surface area contributed by atoms with Gasteiger partial charge in [-0.15, -0.1) is 0 Å². The van der Waals surface area contributed by atoms with E-state index < -0.39 is 0 Å². The summed E-state index contributed by atoms with van der Waals surface area (Å²) in [6, 6.07) is 7.06. The molecule has 0 saturated heterocycles. The highest BCUT2D eigenvalue weighted by molar-refractivity contribution is 5.94. The predicted molar refractivity (Wildman–Crippen MR) is 73.4 cm³/mol. The van der Waals surface area contributed by atoms with Gasteiger partial charge < -0.3 is 5.32 Å². The molecule has 1 saturated carbocycles. The van der Waals surface area contributed by atoms with Gasteiger partial charge in [-0.2, -0.15) is 0 Å². The van der Waals surface area contributed by atoms with Crippen molar-refractivity contribution in [1.82, 2.24) is 5.32 Å². The van der Waals surface area contributed by atoms with Gasteiger partial charge in [-0.1, -0.05) is 12.1 Å². The van der Waals surface area contributed by atoms with Crippen LogP contribution in [0.1, 0.15) is 39.2 Å². The second-order valence-corrected chi connectivity index (χ2v) is 5.92. The van der Waals surface area contributed by atoms with Crippen molar-refractivity contribution >= 4 is 5.71 Å². The molecule has 0 bridgehead atoms. The Balaban J connectivity index is 1.94. The third-order valence-electron chi connectivity index (χ3n) is 3.05. The van der Waals surface area contributed by atoms with E-state index in [0.29, 0.717) is 12.6 Å². The van der Waals surface area contributed by atoms with Crippen LogP contribution in [-0.2, 0) is 6.54 Å². The fourth-order valence-corrected chi connectivity index (χ4v) is 2.11. The van der Waals surface area contributed by atoms with E-state index in [1.165, 1.54) is 11.8 Å². The largest absolute Gasteiger partial charge is 0.304 e. The molecule has 18 heavy (non-hydrogen) atoms. The van der Waals surface area contributed by atoms with Crippen molar-refractivity contribution in [2.24, 2.45) is 4.99 Å². The quantitative estimate of drug-likeness (QED) is 0.872. The smallest absolute Gasteiger partial charge is 0.123 e. The number of hydrogen-bond donors (Lipinski definition) is 1. The summed E-state index contributed by atoms with van der Waals surface area (Å²) in [4.78, 5) is 4.59. The Morgan fingerprint density at radius 2 is 2.17 bits per heavy atom. The molecule has 0 heterocycles. The maximum Gasteiger partial charge on any atom is 0.123 e. The van der Waals surface area contributed by atoms with Gasteiger partial charge in [0.1, 0.15) is 5.82 Å². The van der Waals surface area contributed by atoms with Crippen LogP contribution in [0.5, 0.6) is 0 Å². The molecule has 2 rings (SSSR count). The van der Waals surface area contributed by atoms with Crippen molar-refractivity contribution in [3.63, 3.8) is 0 Å². The molecule has 1 fully saturated rings. The number of rotatable bonds is 3. The molecule has 98 valence electrons. The summed E-state index contributed by atoms with van der Waals surface area (Å²) in [5, 5.41) is 3.55. The van der Waals surface area contributed by atoms with E-state index in [4.69, 9.17) is 0 Å². The van der Waals surface area contributed by atoms with Gasteiger partial charge in [0.15, 0.2) is 0 Å². The number of nitrogens with one attached hydrogen (secondary N) is 1. The first kappa shape index (κ1) is 13.2. The first-order valence-corrected chi connectivity index (χ1v) is 6.49. The monoisotopic (exact) mass is 248 g/mol. The fraction of sp³-hybridized carbons (Fsp3) is 0.533. The molecule has 1 atom stereocenters. The van der Waals surface area contributed by atoms with Gasteiger partial charge in [-0.05, 0) is 51.3 Å². The minimum Gasteiger partial charge on any atom is -0.304 e. The lowest BCUT2D eigenvalue weighted by molar-refractivity contribution is 0.370. The molecular weight excluding hydrogens is 227 g/mol. The lowest BCUT2D eigenvalue weighted by Gasteiger charge is -2.35. The Morgan fingerprint density at radius 3 is 2.72 bits per heavy atom. The first-order valence-electron chi connectivity index (χ1n) is 6.49. The van der Waals surface area contributed by atoms with E-state index in [9.17, 15) is 4.39 Å². The third-order valence-corrected chi connectivity index (χ3v) is 3.05. The number of halogens is 1. The number of hydrogen-bond acceptors (Lipinski definition) is 2. The van der Waals surface area contributed by atoms with Crippen molar-refractivity contribution in [2.45, 2.75) is 51.7 Å². The minimum absolute atomic E-state index is 0.116.